The third-order valence-corrected chi connectivity index (χ3v) is 0. The van der Waals surface area contributed by atoms with Gasteiger partial charge in [0.15, 0.2) is 0 Å². The van der Waals surface area contributed by atoms with E-state index in [4.69, 9.17) is 39.6 Å². The van der Waals surface area contributed by atoms with Crippen LogP contribution in [0, 0.1) is 0 Å². The lowest BCUT2D eigenvalue weighted by molar-refractivity contribution is -0.284. The maximum Gasteiger partial charge on any atom is 0.0275 e. The normalized spacial score (nSPS) is 3.69. The van der Waals surface area contributed by atoms with Gasteiger partial charge in [0.1, 0.15) is 0 Å². The zero-order valence-corrected chi connectivity index (χ0v) is 6.58. The van der Waals surface area contributed by atoms with E-state index >= 15 is 0 Å². The lowest BCUT2D eigenvalue weighted by Crippen LogP contribution is -2.01. The van der Waals surface area contributed by atoms with Crippen molar-refractivity contribution in [2.45, 2.75) is 0 Å². The Balaban J connectivity index is -0.0000000213. The highest BCUT2D eigenvalue weighted by Crippen LogP contribution is 0.763. The van der Waals surface area contributed by atoms with Crippen LogP contribution in [0.1, 0.15) is 0 Å². The van der Waals surface area contributed by atoms with Crippen LogP contribution in [0.15, 0.2) is 0 Å². The fourth-order valence-corrected chi connectivity index (χ4v) is 0. The first kappa shape index (κ1) is 30.8. The van der Waals surface area contributed by atoms with Crippen LogP contribution in [0.3, 0.4) is 0 Å². The average molecular weight is 198 g/mol. The Morgan fingerprint density at radius 3 is 0.538 bits per heavy atom. The molecule has 0 radical (unpaired) electrons. The number of quaternary nitrogens is 1. The fourth-order valence-electron chi connectivity index (χ4n) is 0. The zero-order valence-electron chi connectivity index (χ0n) is 6.58. The van der Waals surface area contributed by atoms with Crippen molar-refractivity contribution in [3.63, 3.8) is 0 Å². The summed E-state index contributed by atoms with van der Waals surface area (Å²) in [7, 11) is 0. The standard InChI is InChI=1S/4CH2O2.H3N/c4*2-1-3;/h4*1H,(H,2,3);1H3/p-3. The minimum Gasteiger partial charge on any atom is -0.554 e. The number of carboxylic acid groups (broad SMARTS) is 4. The third kappa shape index (κ3) is 130. The van der Waals surface area contributed by atoms with Crippen molar-refractivity contribution < 1.29 is 39.6 Å². The van der Waals surface area contributed by atoms with E-state index in [-0.39, 0.29) is 6.15 Å². The molecule has 0 rings (SSSR count). The molecule has 13 heavy (non-hydrogen) atoms. The number of carbonyl (C=O) groups excluding carboxylic acids is 4. The first-order chi connectivity index (χ1) is 5.66. The van der Waals surface area contributed by atoms with Crippen molar-refractivity contribution in [1.29, 1.82) is 0 Å². The van der Waals surface area contributed by atoms with E-state index in [1.54, 1.807) is 0 Å². The van der Waals surface area contributed by atoms with E-state index in [9.17, 15) is 0 Å². The van der Waals surface area contributed by atoms with Crippen LogP contribution in [0.4, 0.5) is 0 Å². The van der Waals surface area contributed by atoms with Crippen molar-refractivity contribution in [1.82, 2.24) is 6.15 Å². The predicted octanol–water partition coefficient (Wildman–Crippen LogP) is -6.16. The van der Waals surface area contributed by atoms with Crippen molar-refractivity contribution in [3.8, 4) is 0 Å². The summed E-state index contributed by atoms with van der Waals surface area (Å²) in [4.78, 5) is 33.0. The molecule has 0 bridgehead atoms. The zero-order chi connectivity index (χ0) is 10.8. The molecule has 0 spiro atoms. The molecule has 0 aliphatic carbocycles. The van der Waals surface area contributed by atoms with Gasteiger partial charge in [-0.15, -0.1) is 0 Å². The van der Waals surface area contributed by atoms with E-state index in [1.165, 1.54) is 0 Å². The molecule has 0 aromatic heterocycles. The summed E-state index contributed by atoms with van der Waals surface area (Å²) in [6.07, 6.45) is 0. The molecule has 0 aliphatic heterocycles. The molecule has 0 unspecified atom stereocenters. The van der Waals surface area contributed by atoms with Gasteiger partial charge < -0.3 is 45.8 Å². The molecule has 9 nitrogen and oxygen atoms in total. The third-order valence-electron chi connectivity index (χ3n) is 0. The summed E-state index contributed by atoms with van der Waals surface area (Å²) in [6.45, 7) is -2.00. The van der Waals surface area contributed by atoms with Crippen LogP contribution >= 0.6 is 0 Å². The minimum atomic E-state index is -0.500. The van der Waals surface area contributed by atoms with Crippen LogP contribution < -0.4 is 26.6 Å². The van der Waals surface area contributed by atoms with Gasteiger partial charge in [-0.25, -0.2) is 0 Å². The minimum absolute atomic E-state index is 0. The summed E-state index contributed by atoms with van der Waals surface area (Å²) < 4.78 is 0. The first-order valence-corrected chi connectivity index (χ1v) is 1.89. The number of hydrogen-bond acceptors (Lipinski definition) is 8. The van der Waals surface area contributed by atoms with E-state index in [2.05, 4.69) is 0 Å². The quantitative estimate of drug-likeness (QED) is 0.370. The number of carbonyl (C=O) groups is 4. The molecule has 0 atom stereocenters. The molecule has 9 heteroatoms. The molecule has 0 amide bonds. The van der Waals surface area contributed by atoms with Gasteiger partial charge in [-0.2, -0.15) is 0 Å². The summed E-state index contributed by atoms with van der Waals surface area (Å²) >= 11 is 0. The number of rotatable bonds is 0. The monoisotopic (exact) mass is 198 g/mol. The van der Waals surface area contributed by atoms with Gasteiger partial charge in [0.2, 0.25) is 0 Å². The number of hydrogen-bond donors (Lipinski definition) is 1. The van der Waals surface area contributed by atoms with Crippen LogP contribution in [-0.4, -0.2) is 25.9 Å². The summed E-state index contributed by atoms with van der Waals surface area (Å²) in [5, 5.41) is 33.0. The Morgan fingerprint density at radius 1 is 0.538 bits per heavy atom. The van der Waals surface area contributed by atoms with Gasteiger partial charge in [-0.1, -0.05) is 0 Å². The Hall–Kier alpha value is -2.16. The second-order valence-corrected chi connectivity index (χ2v) is 0.385. The van der Waals surface area contributed by atoms with Gasteiger partial charge in [0, 0.05) is 25.9 Å². The molecular formula is C4H8NO8-3. The second-order valence-electron chi connectivity index (χ2n) is 0.385. The van der Waals surface area contributed by atoms with Crippen molar-refractivity contribution >= 4 is 25.9 Å². The molecule has 0 saturated carbocycles. The molecular weight excluding hydrogens is 190 g/mol. The molecule has 80 valence electrons. The Bertz CT molecular complexity index is 70.1. The van der Waals surface area contributed by atoms with E-state index in [0.717, 1.165) is 0 Å². The maximum absolute atomic E-state index is 8.25. The summed E-state index contributed by atoms with van der Waals surface area (Å²) in [6, 6.07) is 0. The predicted molar refractivity (Wildman–Crippen MR) is 30.2 cm³/mol. The lowest BCUT2D eigenvalue weighted by atomic mass is 11.7. The molecule has 0 saturated heterocycles. The molecule has 4 N–H and O–H groups in total. The molecule has 0 aromatic rings. The average Bonchev–Trinajstić information content (AvgIpc) is 1.92. The maximum atomic E-state index is 8.25. The van der Waals surface area contributed by atoms with Gasteiger partial charge in [-0.3, -0.25) is 0 Å². The molecule has 0 heterocycles. The highest BCUT2D eigenvalue weighted by atomic mass is 16.4. The van der Waals surface area contributed by atoms with Gasteiger partial charge >= 0.3 is 0 Å². The Morgan fingerprint density at radius 2 is 0.538 bits per heavy atom. The highest BCUT2D eigenvalue weighted by Gasteiger charge is 1.00. The summed E-state index contributed by atoms with van der Waals surface area (Å²) in [5.74, 6) is 0. The van der Waals surface area contributed by atoms with Crippen LogP contribution in [0.2, 0.25) is 0 Å². The smallest absolute Gasteiger partial charge is 0.0275 e. The Labute approximate surface area is 72.8 Å². The lowest BCUT2D eigenvalue weighted by Gasteiger charge is -1.52. The van der Waals surface area contributed by atoms with E-state index in [1.807, 2.05) is 0 Å². The molecule has 0 aromatic carbocycles. The fraction of sp³-hybridized carbons (Fsp3) is 0. The largest absolute Gasteiger partial charge is 0.554 e. The SMILES string of the molecule is O=C[O-].O=C[O-].O=C[O-].O=C[O-].[NH4+]. The van der Waals surface area contributed by atoms with Crippen LogP contribution in [0.25, 0.3) is 0 Å². The molecule has 0 fully saturated rings. The first-order valence-electron chi connectivity index (χ1n) is 1.89. The second kappa shape index (κ2) is 227. The van der Waals surface area contributed by atoms with Crippen LogP contribution in [-0.2, 0) is 19.2 Å². The van der Waals surface area contributed by atoms with Crippen molar-refractivity contribution in [2.75, 3.05) is 0 Å². The Kier molecular flexibility index (Phi) is 538. The van der Waals surface area contributed by atoms with E-state index in [0.29, 0.717) is 0 Å². The molecule has 0 aliphatic rings. The van der Waals surface area contributed by atoms with Crippen LogP contribution in [0.5, 0.6) is 0 Å². The van der Waals surface area contributed by atoms with Crippen molar-refractivity contribution in [2.24, 2.45) is 0 Å². The topological polar surface area (TPSA) is 197 Å². The highest BCUT2D eigenvalue weighted by molar-refractivity contribution is 5.30. The van der Waals surface area contributed by atoms with Gasteiger partial charge in [0.25, 0.3) is 0 Å². The van der Waals surface area contributed by atoms with Gasteiger partial charge in [0.05, 0.1) is 0 Å². The van der Waals surface area contributed by atoms with E-state index < -0.39 is 25.9 Å². The van der Waals surface area contributed by atoms with Crippen molar-refractivity contribution in [3.05, 3.63) is 0 Å². The van der Waals surface area contributed by atoms with Gasteiger partial charge in [-0.05, 0) is 0 Å². The summed E-state index contributed by atoms with van der Waals surface area (Å²) in [5.41, 5.74) is 0.